The molecule has 3 nitrogen and oxygen atoms in total. The number of hydrogen-bond acceptors (Lipinski definition) is 4. The molecule has 1 aliphatic rings. The maximum Gasteiger partial charge on any atom is 0.0947 e. The van der Waals surface area contributed by atoms with Gasteiger partial charge in [-0.25, -0.2) is 0 Å². The van der Waals surface area contributed by atoms with Crippen molar-refractivity contribution in [3.8, 4) is 0 Å². The summed E-state index contributed by atoms with van der Waals surface area (Å²) in [6.45, 7) is 6.52. The second-order valence-corrected chi connectivity index (χ2v) is 6.07. The Kier molecular flexibility index (Phi) is 4.01. The van der Waals surface area contributed by atoms with Crippen LogP contribution in [0.15, 0.2) is 34.5 Å². The van der Waals surface area contributed by atoms with Crippen molar-refractivity contribution in [2.24, 2.45) is 0 Å². The summed E-state index contributed by atoms with van der Waals surface area (Å²) in [5.41, 5.74) is 2.75. The van der Waals surface area contributed by atoms with Crippen molar-refractivity contribution >= 4 is 11.3 Å². The number of furan rings is 1. The molecule has 0 bridgehead atoms. The van der Waals surface area contributed by atoms with Crippen LogP contribution in [0.4, 0.5) is 0 Å². The Morgan fingerprint density at radius 1 is 1.47 bits per heavy atom. The first-order valence-corrected chi connectivity index (χ1v) is 7.74. The van der Waals surface area contributed by atoms with Crippen molar-refractivity contribution in [1.29, 1.82) is 0 Å². The highest BCUT2D eigenvalue weighted by atomic mass is 32.1. The SMILES string of the molecule is CC1c2ccsc2CCN1CCNCc1ccoc1. The van der Waals surface area contributed by atoms with Crippen LogP contribution in [0.5, 0.6) is 0 Å². The van der Waals surface area contributed by atoms with Gasteiger partial charge < -0.3 is 9.73 Å². The van der Waals surface area contributed by atoms with Gasteiger partial charge in [-0.2, -0.15) is 0 Å². The summed E-state index contributed by atoms with van der Waals surface area (Å²) in [6, 6.07) is 4.86. The summed E-state index contributed by atoms with van der Waals surface area (Å²) < 4.78 is 5.06. The lowest BCUT2D eigenvalue weighted by molar-refractivity contribution is 0.201. The smallest absolute Gasteiger partial charge is 0.0947 e. The Bertz CT molecular complexity index is 506. The van der Waals surface area contributed by atoms with Crippen LogP contribution in [-0.4, -0.2) is 24.5 Å². The van der Waals surface area contributed by atoms with Crippen LogP contribution in [-0.2, 0) is 13.0 Å². The molecule has 1 unspecified atom stereocenters. The van der Waals surface area contributed by atoms with Crippen molar-refractivity contribution in [2.75, 3.05) is 19.6 Å². The zero-order valence-corrected chi connectivity index (χ0v) is 12.1. The number of fused-ring (bicyclic) bond motifs is 1. The molecule has 19 heavy (non-hydrogen) atoms. The van der Waals surface area contributed by atoms with Gasteiger partial charge in [-0.1, -0.05) is 0 Å². The Morgan fingerprint density at radius 2 is 2.42 bits per heavy atom. The Balaban J connectivity index is 1.46. The van der Waals surface area contributed by atoms with Gasteiger partial charge in [0, 0.05) is 42.7 Å². The van der Waals surface area contributed by atoms with Crippen molar-refractivity contribution in [1.82, 2.24) is 10.2 Å². The van der Waals surface area contributed by atoms with Crippen molar-refractivity contribution in [3.63, 3.8) is 0 Å². The largest absolute Gasteiger partial charge is 0.472 e. The fourth-order valence-corrected chi connectivity index (χ4v) is 3.68. The predicted molar refractivity (Wildman–Crippen MR) is 78.4 cm³/mol. The molecule has 3 rings (SSSR count). The topological polar surface area (TPSA) is 28.4 Å². The van der Waals surface area contributed by atoms with E-state index in [-0.39, 0.29) is 0 Å². The van der Waals surface area contributed by atoms with Gasteiger partial charge in [-0.15, -0.1) is 11.3 Å². The average molecular weight is 276 g/mol. The van der Waals surface area contributed by atoms with Crippen molar-refractivity contribution in [2.45, 2.75) is 25.9 Å². The average Bonchev–Trinajstić information content (AvgIpc) is 3.08. The Hall–Kier alpha value is -1.10. The molecular weight excluding hydrogens is 256 g/mol. The fraction of sp³-hybridized carbons (Fsp3) is 0.467. The second-order valence-electron chi connectivity index (χ2n) is 5.07. The molecule has 1 aliphatic heterocycles. The molecule has 0 saturated heterocycles. The van der Waals surface area contributed by atoms with E-state index in [1.807, 2.05) is 17.4 Å². The molecule has 1 atom stereocenters. The van der Waals surface area contributed by atoms with E-state index in [1.165, 1.54) is 24.1 Å². The van der Waals surface area contributed by atoms with Crippen LogP contribution in [0.1, 0.15) is 29.0 Å². The van der Waals surface area contributed by atoms with Crippen LogP contribution in [0.25, 0.3) is 0 Å². The lowest BCUT2D eigenvalue weighted by atomic mass is 10.0. The maximum absolute atomic E-state index is 5.06. The molecule has 102 valence electrons. The second kappa shape index (κ2) is 5.90. The van der Waals surface area contributed by atoms with Gasteiger partial charge >= 0.3 is 0 Å². The number of nitrogens with zero attached hydrogens (tertiary/aromatic N) is 1. The molecule has 2 aromatic heterocycles. The molecule has 0 radical (unpaired) electrons. The maximum atomic E-state index is 5.06. The van der Waals surface area contributed by atoms with E-state index < -0.39 is 0 Å². The molecule has 0 fully saturated rings. The third-order valence-electron chi connectivity index (χ3n) is 3.89. The predicted octanol–water partition coefficient (Wildman–Crippen LogP) is 3.05. The van der Waals surface area contributed by atoms with Gasteiger partial charge in [-0.3, -0.25) is 4.90 Å². The highest BCUT2D eigenvalue weighted by Crippen LogP contribution is 2.32. The molecule has 0 spiro atoms. The summed E-state index contributed by atoms with van der Waals surface area (Å²) in [6.07, 6.45) is 4.73. The lowest BCUT2D eigenvalue weighted by Crippen LogP contribution is -2.37. The minimum atomic E-state index is 0.561. The quantitative estimate of drug-likeness (QED) is 0.851. The zero-order chi connectivity index (χ0) is 13.1. The highest BCUT2D eigenvalue weighted by Gasteiger charge is 2.23. The van der Waals surface area contributed by atoms with Crippen LogP contribution in [0.3, 0.4) is 0 Å². The van der Waals surface area contributed by atoms with Crippen LogP contribution in [0, 0.1) is 0 Å². The Morgan fingerprint density at radius 3 is 3.26 bits per heavy atom. The zero-order valence-electron chi connectivity index (χ0n) is 11.3. The van der Waals surface area contributed by atoms with Gasteiger partial charge in [0.2, 0.25) is 0 Å². The number of nitrogens with one attached hydrogen (secondary N) is 1. The minimum absolute atomic E-state index is 0.561. The Labute approximate surface area is 118 Å². The molecule has 0 aromatic carbocycles. The van der Waals surface area contributed by atoms with Gasteiger partial charge in [0.25, 0.3) is 0 Å². The third kappa shape index (κ3) is 2.91. The van der Waals surface area contributed by atoms with E-state index in [9.17, 15) is 0 Å². The van der Waals surface area contributed by atoms with Crippen LogP contribution >= 0.6 is 11.3 Å². The molecule has 0 saturated carbocycles. The monoisotopic (exact) mass is 276 g/mol. The normalized spacial score (nSPS) is 19.5. The molecule has 3 heterocycles. The summed E-state index contributed by atoms with van der Waals surface area (Å²) >= 11 is 1.91. The van der Waals surface area contributed by atoms with Crippen molar-refractivity contribution < 1.29 is 4.42 Å². The molecule has 1 N–H and O–H groups in total. The van der Waals surface area contributed by atoms with Gasteiger partial charge in [0.1, 0.15) is 0 Å². The van der Waals surface area contributed by atoms with Gasteiger partial charge in [0.15, 0.2) is 0 Å². The molecular formula is C15H20N2OS. The van der Waals surface area contributed by atoms with E-state index >= 15 is 0 Å². The fourth-order valence-electron chi connectivity index (χ4n) is 2.72. The van der Waals surface area contributed by atoms with E-state index in [2.05, 4.69) is 28.6 Å². The van der Waals surface area contributed by atoms with E-state index in [4.69, 9.17) is 4.42 Å². The van der Waals surface area contributed by atoms with Gasteiger partial charge in [-0.05, 0) is 36.4 Å². The number of hydrogen-bond donors (Lipinski definition) is 1. The van der Waals surface area contributed by atoms with Crippen LogP contribution < -0.4 is 5.32 Å². The first-order valence-electron chi connectivity index (χ1n) is 6.86. The molecule has 4 heteroatoms. The lowest BCUT2D eigenvalue weighted by Gasteiger charge is -2.33. The summed E-state index contributed by atoms with van der Waals surface area (Å²) in [5, 5.41) is 5.70. The summed E-state index contributed by atoms with van der Waals surface area (Å²) in [5.74, 6) is 0. The van der Waals surface area contributed by atoms with E-state index in [1.54, 1.807) is 17.4 Å². The van der Waals surface area contributed by atoms with Gasteiger partial charge in [0.05, 0.1) is 12.5 Å². The van der Waals surface area contributed by atoms with E-state index in [0.29, 0.717) is 6.04 Å². The highest BCUT2D eigenvalue weighted by molar-refractivity contribution is 7.10. The van der Waals surface area contributed by atoms with E-state index in [0.717, 1.165) is 19.6 Å². The van der Waals surface area contributed by atoms with Crippen LogP contribution in [0.2, 0.25) is 0 Å². The first kappa shape index (κ1) is 12.9. The van der Waals surface area contributed by atoms with Crippen molar-refractivity contribution in [3.05, 3.63) is 46.0 Å². The molecule has 0 aliphatic carbocycles. The summed E-state index contributed by atoms with van der Waals surface area (Å²) in [7, 11) is 0. The first-order chi connectivity index (χ1) is 9.34. The summed E-state index contributed by atoms with van der Waals surface area (Å²) in [4.78, 5) is 4.15. The number of thiophene rings is 1. The third-order valence-corrected chi connectivity index (χ3v) is 4.89. The molecule has 0 amide bonds. The molecule has 2 aromatic rings. The number of rotatable bonds is 5. The standard InChI is InChI=1S/C15H20N2OS/c1-12-14-4-9-19-15(14)2-6-17(12)7-5-16-10-13-3-8-18-11-13/h3-4,8-9,11-12,16H,2,5-7,10H2,1H3. The minimum Gasteiger partial charge on any atom is -0.472 e.